The molecule has 0 aliphatic rings. The molecule has 4 heteroatoms. The Labute approximate surface area is 75.4 Å². The van der Waals surface area contributed by atoms with Gasteiger partial charge in [-0.15, -0.1) is 0 Å². The molecule has 0 spiro atoms. The van der Waals surface area contributed by atoms with Crippen LogP contribution in [-0.2, 0) is 15.0 Å². The Hall–Kier alpha value is -1.84. The quantitative estimate of drug-likeness (QED) is 0.651. The van der Waals surface area contributed by atoms with Crippen molar-refractivity contribution in [1.82, 2.24) is 0 Å². The molecule has 0 saturated carbocycles. The lowest BCUT2D eigenvalue weighted by atomic mass is 10.2. The van der Waals surface area contributed by atoms with Crippen LogP contribution in [0.1, 0.15) is 17.3 Å². The molecule has 2 radical (unpaired) electrons. The summed E-state index contributed by atoms with van der Waals surface area (Å²) in [6.45, 7) is 0.972. The molecule has 1 aromatic carbocycles. The summed E-state index contributed by atoms with van der Waals surface area (Å²) in [5, 5.41) is 19.0. The topological polar surface area (TPSA) is 73.9 Å². The van der Waals surface area contributed by atoms with E-state index in [1.54, 1.807) is 18.2 Å². The zero-order valence-electron chi connectivity index (χ0n) is 7.02. The van der Waals surface area contributed by atoms with E-state index in [1.807, 2.05) is 0 Å². The van der Waals surface area contributed by atoms with Gasteiger partial charge in [0.15, 0.2) is 0 Å². The Morgan fingerprint density at radius 3 is 1.62 bits per heavy atom. The van der Waals surface area contributed by atoms with Crippen LogP contribution < -0.4 is 0 Å². The highest BCUT2D eigenvalue weighted by atomic mass is 16.4. The van der Waals surface area contributed by atoms with Crippen molar-refractivity contribution in [3.63, 3.8) is 0 Å². The van der Waals surface area contributed by atoms with Gasteiger partial charge in [-0.2, -0.15) is 0 Å². The number of carbonyl (C=O) groups excluding carboxylic acids is 2. The third-order valence-electron chi connectivity index (χ3n) is 1.01. The van der Waals surface area contributed by atoms with Crippen molar-refractivity contribution in [3.05, 3.63) is 35.9 Å². The maximum Gasteiger partial charge on any atom is 0.386 e. The minimum atomic E-state index is -1.13. The highest BCUT2D eigenvalue weighted by molar-refractivity contribution is 5.86. The van der Waals surface area contributed by atoms with Crippen molar-refractivity contribution in [3.8, 4) is 0 Å². The van der Waals surface area contributed by atoms with Gasteiger partial charge in [-0.25, -0.2) is 19.8 Å². The Kier molecular flexibility index (Phi) is 4.95. The normalized spacial score (nSPS) is 8.08. The van der Waals surface area contributed by atoms with Gasteiger partial charge in [0.25, 0.3) is 0 Å². The lowest BCUT2D eigenvalue weighted by Crippen LogP contribution is -1.91. The molecule has 0 heterocycles. The molecule has 0 aliphatic heterocycles. The number of hydrogen-bond acceptors (Lipinski definition) is 2. The molecular formula is C9H8O4. The molecule has 68 valence electrons. The van der Waals surface area contributed by atoms with Gasteiger partial charge in [0.05, 0.1) is 5.56 Å². The number of hydrogen-bond donors (Lipinski definition) is 0. The van der Waals surface area contributed by atoms with Crippen LogP contribution in [0.2, 0.25) is 0 Å². The first-order valence-electron chi connectivity index (χ1n) is 3.48. The van der Waals surface area contributed by atoms with E-state index in [4.69, 9.17) is 9.90 Å². The van der Waals surface area contributed by atoms with Crippen LogP contribution in [0.25, 0.3) is 0 Å². The van der Waals surface area contributed by atoms with Crippen LogP contribution in [-0.4, -0.2) is 11.9 Å². The fourth-order valence-corrected chi connectivity index (χ4v) is 0.574. The minimum Gasteiger partial charge on any atom is -0.248 e. The fraction of sp³-hybridized carbons (Fsp3) is 0.111. The standard InChI is InChI=1S/C7H5O2.C2H3O2/c8-7(9)6-4-2-1-3-5-6;1-2(3)4/h1-5H;1H3. The van der Waals surface area contributed by atoms with E-state index in [2.05, 4.69) is 0 Å². The first-order chi connectivity index (χ1) is 6.04. The maximum atomic E-state index is 10.1. The van der Waals surface area contributed by atoms with Gasteiger partial charge in [0, 0.05) is 6.92 Å². The SMILES string of the molecule is CC([O])=O.[O]C(=O)c1ccccc1. The smallest absolute Gasteiger partial charge is 0.248 e. The molecule has 13 heavy (non-hydrogen) atoms. The molecule has 4 nitrogen and oxygen atoms in total. The van der Waals surface area contributed by atoms with E-state index >= 15 is 0 Å². The van der Waals surface area contributed by atoms with Gasteiger partial charge in [0.1, 0.15) is 0 Å². The Balaban J connectivity index is 0.000000310. The summed E-state index contributed by atoms with van der Waals surface area (Å²) in [5.41, 5.74) is 0.220. The molecule has 0 aliphatic carbocycles. The summed E-state index contributed by atoms with van der Waals surface area (Å²) in [6, 6.07) is 8.06. The van der Waals surface area contributed by atoms with Crippen LogP contribution in [0, 0.1) is 0 Å². The van der Waals surface area contributed by atoms with Gasteiger partial charge in [0.2, 0.25) is 0 Å². The molecule has 0 amide bonds. The van der Waals surface area contributed by atoms with Crippen LogP contribution in [0.3, 0.4) is 0 Å². The van der Waals surface area contributed by atoms with E-state index in [0.717, 1.165) is 6.92 Å². The van der Waals surface area contributed by atoms with Crippen molar-refractivity contribution in [1.29, 1.82) is 0 Å². The van der Waals surface area contributed by atoms with Crippen LogP contribution in [0.4, 0.5) is 0 Å². The van der Waals surface area contributed by atoms with Crippen molar-refractivity contribution in [2.75, 3.05) is 0 Å². The zero-order valence-corrected chi connectivity index (χ0v) is 7.02. The molecule has 0 saturated heterocycles. The van der Waals surface area contributed by atoms with E-state index in [-0.39, 0.29) is 5.56 Å². The summed E-state index contributed by atoms with van der Waals surface area (Å²) in [6.07, 6.45) is 0. The minimum absolute atomic E-state index is 0.220. The van der Waals surface area contributed by atoms with E-state index in [1.165, 1.54) is 12.1 Å². The summed E-state index contributed by atoms with van der Waals surface area (Å²) >= 11 is 0. The van der Waals surface area contributed by atoms with Gasteiger partial charge in [-0.05, 0) is 12.1 Å². The number of rotatable bonds is 1. The molecule has 0 N–H and O–H groups in total. The maximum absolute atomic E-state index is 10.1. The summed E-state index contributed by atoms with van der Waals surface area (Å²) in [7, 11) is 0. The van der Waals surface area contributed by atoms with Crippen molar-refractivity contribution >= 4 is 11.9 Å². The first kappa shape index (κ1) is 11.2. The average molecular weight is 180 g/mol. The molecule has 0 aromatic heterocycles. The van der Waals surface area contributed by atoms with Crippen LogP contribution in [0.15, 0.2) is 30.3 Å². The average Bonchev–Trinajstić information content (AvgIpc) is 2.05. The van der Waals surface area contributed by atoms with E-state index < -0.39 is 11.9 Å². The highest BCUT2D eigenvalue weighted by Crippen LogP contribution is 1.96. The molecule has 0 fully saturated rings. The van der Waals surface area contributed by atoms with Crippen LogP contribution >= 0.6 is 0 Å². The van der Waals surface area contributed by atoms with Crippen molar-refractivity contribution in [2.45, 2.75) is 6.92 Å². The van der Waals surface area contributed by atoms with Crippen molar-refractivity contribution < 1.29 is 19.8 Å². The third-order valence-corrected chi connectivity index (χ3v) is 1.01. The number of benzene rings is 1. The second-order valence-electron chi connectivity index (χ2n) is 2.15. The lowest BCUT2D eigenvalue weighted by Gasteiger charge is -1.85. The van der Waals surface area contributed by atoms with Gasteiger partial charge in [-0.3, -0.25) is 0 Å². The monoisotopic (exact) mass is 180 g/mol. The molecule has 0 unspecified atom stereocenters. The molecule has 0 bridgehead atoms. The summed E-state index contributed by atoms with van der Waals surface area (Å²) in [5.74, 6) is -2.21. The highest BCUT2D eigenvalue weighted by Gasteiger charge is 1.99. The second kappa shape index (κ2) is 5.77. The van der Waals surface area contributed by atoms with E-state index in [9.17, 15) is 9.90 Å². The van der Waals surface area contributed by atoms with Crippen molar-refractivity contribution in [2.24, 2.45) is 0 Å². The second-order valence-corrected chi connectivity index (χ2v) is 2.15. The predicted octanol–water partition coefficient (Wildman–Crippen LogP) is 1.22. The summed E-state index contributed by atoms with van der Waals surface area (Å²) in [4.78, 5) is 19.0. The third kappa shape index (κ3) is 6.55. The molecular weight excluding hydrogens is 172 g/mol. The van der Waals surface area contributed by atoms with Gasteiger partial charge >= 0.3 is 11.9 Å². The Morgan fingerprint density at radius 2 is 1.38 bits per heavy atom. The molecule has 1 rings (SSSR count). The Morgan fingerprint density at radius 1 is 1.00 bits per heavy atom. The van der Waals surface area contributed by atoms with Gasteiger partial charge < -0.3 is 0 Å². The first-order valence-corrected chi connectivity index (χ1v) is 3.48. The Bertz CT molecular complexity index is 275. The lowest BCUT2D eigenvalue weighted by molar-refractivity contribution is -0.140. The van der Waals surface area contributed by atoms with E-state index in [0.29, 0.717) is 0 Å². The van der Waals surface area contributed by atoms with Crippen LogP contribution in [0.5, 0.6) is 0 Å². The summed E-state index contributed by atoms with van der Waals surface area (Å²) < 4.78 is 0. The molecule has 1 aromatic rings. The largest absolute Gasteiger partial charge is 0.386 e. The zero-order chi connectivity index (χ0) is 10.3. The molecule has 0 atom stereocenters. The number of carbonyl (C=O) groups is 2. The van der Waals surface area contributed by atoms with Gasteiger partial charge in [-0.1, -0.05) is 18.2 Å². The predicted molar refractivity (Wildman–Crippen MR) is 42.8 cm³/mol. The fourth-order valence-electron chi connectivity index (χ4n) is 0.574.